The number of aromatic nitrogens is 1. The van der Waals surface area contributed by atoms with Crippen molar-refractivity contribution < 1.29 is 14.3 Å². The van der Waals surface area contributed by atoms with Crippen LogP contribution in [0, 0.1) is 0 Å². The summed E-state index contributed by atoms with van der Waals surface area (Å²) in [5.74, 6) is 0.635. The van der Waals surface area contributed by atoms with Gasteiger partial charge in [0.05, 0.1) is 7.11 Å². The molecule has 0 spiro atoms. The molecule has 0 saturated heterocycles. The number of hydrogen-bond acceptors (Lipinski definition) is 4. The van der Waals surface area contributed by atoms with E-state index >= 15 is 0 Å². The van der Waals surface area contributed by atoms with Crippen LogP contribution in [0.2, 0.25) is 0 Å². The molecule has 5 heteroatoms. The summed E-state index contributed by atoms with van der Waals surface area (Å²) < 4.78 is 10.5. The number of rotatable bonds is 5. The van der Waals surface area contributed by atoms with Crippen LogP contribution in [-0.2, 0) is 17.8 Å². The van der Waals surface area contributed by atoms with Crippen molar-refractivity contribution in [1.82, 2.24) is 9.88 Å². The van der Waals surface area contributed by atoms with Crippen LogP contribution in [0.1, 0.15) is 23.7 Å². The molecule has 0 atom stereocenters. The van der Waals surface area contributed by atoms with Crippen molar-refractivity contribution >= 4 is 22.9 Å². The molecule has 28 heavy (non-hydrogen) atoms. The largest absolute Gasteiger partial charge is 0.493 e. The van der Waals surface area contributed by atoms with Crippen molar-refractivity contribution in [2.75, 3.05) is 20.2 Å². The Bertz CT molecular complexity index is 1040. The maximum Gasteiger partial charge on any atom is 0.308 e. The summed E-state index contributed by atoms with van der Waals surface area (Å²) >= 11 is 0. The average molecular weight is 376 g/mol. The van der Waals surface area contributed by atoms with E-state index in [1.807, 2.05) is 12.1 Å². The Hall–Kier alpha value is -3.05. The fraction of sp³-hybridized carbons (Fsp3) is 0.261. The van der Waals surface area contributed by atoms with Gasteiger partial charge in [0.25, 0.3) is 0 Å². The Balaban J connectivity index is 1.42. The summed E-state index contributed by atoms with van der Waals surface area (Å²) in [5, 5.41) is 1.35. The van der Waals surface area contributed by atoms with E-state index in [1.165, 1.54) is 29.1 Å². The molecule has 1 aliphatic rings. The molecule has 4 rings (SSSR count). The van der Waals surface area contributed by atoms with Crippen molar-refractivity contribution in [3.63, 3.8) is 0 Å². The van der Waals surface area contributed by atoms with Gasteiger partial charge in [-0.3, -0.25) is 9.69 Å². The van der Waals surface area contributed by atoms with Crippen LogP contribution in [0.3, 0.4) is 0 Å². The number of nitrogens with zero attached hydrogens (tertiary/aromatic N) is 1. The second kappa shape index (κ2) is 7.90. The van der Waals surface area contributed by atoms with E-state index < -0.39 is 0 Å². The van der Waals surface area contributed by atoms with Crippen LogP contribution >= 0.6 is 0 Å². The number of carbonyl (C=O) groups excluding carboxylic acids is 1. The fourth-order valence-corrected chi connectivity index (χ4v) is 3.77. The molecule has 3 aromatic rings. The molecule has 0 bridgehead atoms. The van der Waals surface area contributed by atoms with E-state index in [0.717, 1.165) is 31.6 Å². The first-order valence-corrected chi connectivity index (χ1v) is 9.48. The van der Waals surface area contributed by atoms with E-state index in [9.17, 15) is 4.79 Å². The Morgan fingerprint density at radius 3 is 2.89 bits per heavy atom. The van der Waals surface area contributed by atoms with E-state index in [-0.39, 0.29) is 5.97 Å². The summed E-state index contributed by atoms with van der Waals surface area (Å²) in [6.45, 7) is 4.24. The first-order chi connectivity index (χ1) is 13.6. The lowest BCUT2D eigenvalue weighted by atomic mass is 10.0. The second-order valence-corrected chi connectivity index (χ2v) is 7.02. The molecule has 0 fully saturated rings. The van der Waals surface area contributed by atoms with Gasteiger partial charge >= 0.3 is 5.97 Å². The lowest BCUT2D eigenvalue weighted by Crippen LogP contribution is -2.30. The predicted octanol–water partition coefficient (Wildman–Crippen LogP) is 4.17. The molecule has 2 aromatic carbocycles. The highest BCUT2D eigenvalue weighted by molar-refractivity contribution is 5.84. The molecule has 1 aliphatic heterocycles. The van der Waals surface area contributed by atoms with Crippen molar-refractivity contribution in [2.45, 2.75) is 19.9 Å². The first kappa shape index (κ1) is 18.3. The minimum atomic E-state index is -0.358. The Labute approximate surface area is 164 Å². The predicted molar refractivity (Wildman–Crippen MR) is 111 cm³/mol. The highest BCUT2D eigenvalue weighted by atomic mass is 16.6. The van der Waals surface area contributed by atoms with Crippen LogP contribution in [0.5, 0.6) is 11.5 Å². The molecule has 0 radical (unpaired) electrons. The van der Waals surface area contributed by atoms with Crippen LogP contribution in [0.25, 0.3) is 17.0 Å². The van der Waals surface area contributed by atoms with Gasteiger partial charge < -0.3 is 14.5 Å². The van der Waals surface area contributed by atoms with E-state index in [4.69, 9.17) is 9.47 Å². The highest BCUT2D eigenvalue weighted by Gasteiger charge is 2.19. The number of ether oxygens (including phenoxy) is 2. The molecule has 0 saturated carbocycles. The Morgan fingerprint density at radius 1 is 1.21 bits per heavy atom. The minimum Gasteiger partial charge on any atom is -0.493 e. The number of methoxy groups -OCH3 is 1. The molecule has 1 N–H and O–H groups in total. The third-order valence-electron chi connectivity index (χ3n) is 5.08. The van der Waals surface area contributed by atoms with E-state index in [2.05, 4.69) is 46.3 Å². The van der Waals surface area contributed by atoms with Crippen molar-refractivity contribution in [1.29, 1.82) is 0 Å². The number of aromatic amines is 1. The zero-order chi connectivity index (χ0) is 19.5. The summed E-state index contributed by atoms with van der Waals surface area (Å²) in [6.07, 6.45) is 5.30. The van der Waals surface area contributed by atoms with Gasteiger partial charge in [-0.25, -0.2) is 0 Å². The van der Waals surface area contributed by atoms with Gasteiger partial charge in [-0.15, -0.1) is 0 Å². The maximum atomic E-state index is 11.2. The maximum absolute atomic E-state index is 11.2. The number of carbonyl (C=O) groups is 1. The highest BCUT2D eigenvalue weighted by Crippen LogP contribution is 2.29. The third kappa shape index (κ3) is 3.80. The van der Waals surface area contributed by atoms with Gasteiger partial charge in [0.1, 0.15) is 0 Å². The van der Waals surface area contributed by atoms with Gasteiger partial charge in [-0.05, 0) is 35.7 Å². The molecule has 2 heterocycles. The topological polar surface area (TPSA) is 54.6 Å². The molecular formula is C23H24N2O3. The Kier molecular flexibility index (Phi) is 5.17. The summed E-state index contributed by atoms with van der Waals surface area (Å²) in [7, 11) is 1.57. The number of fused-ring (bicyclic) bond motifs is 3. The number of nitrogens with one attached hydrogen (secondary N) is 1. The zero-order valence-corrected chi connectivity index (χ0v) is 16.2. The van der Waals surface area contributed by atoms with Gasteiger partial charge in [-0.1, -0.05) is 36.4 Å². The van der Waals surface area contributed by atoms with Gasteiger partial charge in [0.15, 0.2) is 11.5 Å². The second-order valence-electron chi connectivity index (χ2n) is 7.02. The number of hydrogen-bond donors (Lipinski definition) is 1. The number of H-pyrrole nitrogens is 1. The van der Waals surface area contributed by atoms with Gasteiger partial charge in [0.2, 0.25) is 0 Å². The third-order valence-corrected chi connectivity index (χ3v) is 5.08. The number of esters is 1. The summed E-state index contributed by atoms with van der Waals surface area (Å²) in [5.41, 5.74) is 5.02. The minimum absolute atomic E-state index is 0.358. The number of benzene rings is 2. The molecular weight excluding hydrogens is 352 g/mol. The standard InChI is InChI=1S/C23H24N2O3/c1-16(26)28-22-10-9-17(14-23(22)27-2)6-5-12-25-13-11-19-18-7-3-4-8-20(18)24-21(19)15-25/h3-10,14,24H,11-13,15H2,1-2H3/b6-5-. The normalized spacial score (nSPS) is 14.4. The van der Waals surface area contributed by atoms with E-state index in [1.54, 1.807) is 13.2 Å². The lowest BCUT2D eigenvalue weighted by molar-refractivity contribution is -0.132. The lowest BCUT2D eigenvalue weighted by Gasteiger charge is -2.25. The zero-order valence-electron chi connectivity index (χ0n) is 16.2. The molecule has 0 amide bonds. The fourth-order valence-electron chi connectivity index (χ4n) is 3.77. The molecule has 1 aromatic heterocycles. The smallest absolute Gasteiger partial charge is 0.308 e. The Morgan fingerprint density at radius 2 is 2.07 bits per heavy atom. The van der Waals surface area contributed by atoms with Crippen molar-refractivity contribution in [3.8, 4) is 11.5 Å². The quantitative estimate of drug-likeness (QED) is 0.536. The SMILES string of the molecule is COc1cc(/C=C\CN2CCc3c([nH]c4ccccc34)C2)ccc1OC(C)=O. The van der Waals surface area contributed by atoms with E-state index in [0.29, 0.717) is 11.5 Å². The number of para-hydroxylation sites is 1. The van der Waals surface area contributed by atoms with Crippen LogP contribution in [-0.4, -0.2) is 36.1 Å². The van der Waals surface area contributed by atoms with Gasteiger partial charge in [-0.2, -0.15) is 0 Å². The van der Waals surface area contributed by atoms with Crippen molar-refractivity contribution in [2.24, 2.45) is 0 Å². The average Bonchev–Trinajstić information content (AvgIpc) is 3.06. The van der Waals surface area contributed by atoms with Crippen LogP contribution in [0.4, 0.5) is 0 Å². The monoisotopic (exact) mass is 376 g/mol. The summed E-state index contributed by atoms with van der Waals surface area (Å²) in [6, 6.07) is 14.1. The molecule has 0 unspecified atom stereocenters. The summed E-state index contributed by atoms with van der Waals surface area (Å²) in [4.78, 5) is 17.2. The molecule has 144 valence electrons. The van der Waals surface area contributed by atoms with Crippen LogP contribution < -0.4 is 9.47 Å². The first-order valence-electron chi connectivity index (χ1n) is 9.48. The molecule has 0 aliphatic carbocycles. The van der Waals surface area contributed by atoms with Gasteiger partial charge in [0, 0.05) is 43.2 Å². The molecule has 5 nitrogen and oxygen atoms in total. The van der Waals surface area contributed by atoms with Crippen molar-refractivity contribution in [3.05, 3.63) is 65.4 Å². The van der Waals surface area contributed by atoms with Crippen LogP contribution in [0.15, 0.2) is 48.5 Å².